The molecular weight excluding hydrogens is 326 g/mol. The molecular formula is C21H29N3O2. The van der Waals surface area contributed by atoms with Crippen molar-refractivity contribution in [1.29, 1.82) is 0 Å². The number of aryl methyl sites for hydroxylation is 1. The van der Waals surface area contributed by atoms with Gasteiger partial charge in [0.15, 0.2) is 0 Å². The number of fused-ring (bicyclic) bond motifs is 1. The lowest BCUT2D eigenvalue weighted by molar-refractivity contribution is -0.117. The van der Waals surface area contributed by atoms with Crippen LogP contribution in [-0.2, 0) is 4.79 Å². The first kappa shape index (κ1) is 18.6. The van der Waals surface area contributed by atoms with Crippen molar-refractivity contribution in [2.75, 3.05) is 19.6 Å². The van der Waals surface area contributed by atoms with Crippen molar-refractivity contribution >= 4 is 22.6 Å². The van der Waals surface area contributed by atoms with E-state index in [1.54, 1.807) is 0 Å². The van der Waals surface area contributed by atoms with Gasteiger partial charge in [0.05, 0.1) is 5.56 Å². The number of likely N-dealkylation sites (tertiary alicyclic amines) is 1. The zero-order chi connectivity index (χ0) is 18.8. The van der Waals surface area contributed by atoms with Crippen molar-refractivity contribution in [1.82, 2.24) is 15.2 Å². The van der Waals surface area contributed by atoms with Gasteiger partial charge in [-0.25, -0.2) is 0 Å². The first-order valence-electron chi connectivity index (χ1n) is 9.50. The predicted molar refractivity (Wildman–Crippen MR) is 104 cm³/mol. The van der Waals surface area contributed by atoms with E-state index >= 15 is 0 Å². The zero-order valence-electron chi connectivity index (χ0n) is 16.1. The number of nitrogens with one attached hydrogen (secondary N) is 2. The number of Topliss-reactive ketones (excluding diaryl/α,β-unsaturated/α-hetero) is 1. The number of nitrogens with zero attached hydrogens (tertiary/aromatic N) is 1. The van der Waals surface area contributed by atoms with Gasteiger partial charge >= 0.3 is 0 Å². The maximum Gasteiger partial charge on any atom is 0.292 e. The third kappa shape index (κ3) is 3.98. The summed E-state index contributed by atoms with van der Waals surface area (Å²) in [4.78, 5) is 30.8. The number of rotatable bonds is 5. The van der Waals surface area contributed by atoms with Crippen LogP contribution in [0, 0.1) is 18.8 Å². The van der Waals surface area contributed by atoms with Gasteiger partial charge in [-0.05, 0) is 38.2 Å². The zero-order valence-corrected chi connectivity index (χ0v) is 16.1. The van der Waals surface area contributed by atoms with E-state index in [9.17, 15) is 9.59 Å². The molecule has 1 aliphatic rings. The van der Waals surface area contributed by atoms with Gasteiger partial charge < -0.3 is 15.2 Å². The number of amides is 1. The summed E-state index contributed by atoms with van der Waals surface area (Å²) in [5.74, 6) is 0.366. The highest BCUT2D eigenvalue weighted by molar-refractivity contribution is 6.45. The molecule has 1 aliphatic heterocycles. The van der Waals surface area contributed by atoms with E-state index in [-0.39, 0.29) is 6.04 Å². The standard InChI is InChI=1S/C21H29N3O2/c1-13-9-14(2)11-24(10-13)12-15(3)22-21(26)20(25)19-16(4)23-18-8-6-5-7-17(18)19/h5-8,13-15,23H,9-12H2,1-4H3,(H,22,26). The predicted octanol–water partition coefficient (Wildman–Crippen LogP) is 3.14. The third-order valence-corrected chi connectivity index (χ3v) is 5.18. The quantitative estimate of drug-likeness (QED) is 0.640. The molecule has 1 aromatic heterocycles. The van der Waals surface area contributed by atoms with Crippen molar-refractivity contribution < 1.29 is 9.59 Å². The Morgan fingerprint density at radius 2 is 1.88 bits per heavy atom. The van der Waals surface area contributed by atoms with Gasteiger partial charge in [0, 0.05) is 42.3 Å². The molecule has 3 unspecified atom stereocenters. The Morgan fingerprint density at radius 1 is 1.23 bits per heavy atom. The summed E-state index contributed by atoms with van der Waals surface area (Å²) in [6, 6.07) is 7.52. The monoisotopic (exact) mass is 355 g/mol. The second-order valence-electron chi connectivity index (χ2n) is 8.04. The number of ketones is 1. The minimum absolute atomic E-state index is 0.0607. The minimum atomic E-state index is -0.525. The van der Waals surface area contributed by atoms with E-state index < -0.39 is 11.7 Å². The van der Waals surface area contributed by atoms with Gasteiger partial charge in [-0.3, -0.25) is 9.59 Å². The number of piperidine rings is 1. The summed E-state index contributed by atoms with van der Waals surface area (Å²) >= 11 is 0. The number of aromatic amines is 1. The van der Waals surface area contributed by atoms with Crippen LogP contribution in [0.15, 0.2) is 24.3 Å². The molecule has 0 aliphatic carbocycles. The molecule has 2 aromatic rings. The van der Waals surface area contributed by atoms with Gasteiger partial charge in [0.1, 0.15) is 0 Å². The van der Waals surface area contributed by atoms with Crippen molar-refractivity contribution in [3.05, 3.63) is 35.5 Å². The van der Waals surface area contributed by atoms with Crippen LogP contribution < -0.4 is 5.32 Å². The molecule has 0 bridgehead atoms. The Bertz CT molecular complexity index is 801. The van der Waals surface area contributed by atoms with Crippen molar-refractivity contribution in [3.63, 3.8) is 0 Å². The van der Waals surface area contributed by atoms with Crippen LogP contribution in [0.25, 0.3) is 10.9 Å². The van der Waals surface area contributed by atoms with Crippen LogP contribution >= 0.6 is 0 Å². The average Bonchev–Trinajstić information content (AvgIpc) is 2.88. The van der Waals surface area contributed by atoms with E-state index in [0.29, 0.717) is 17.4 Å². The molecule has 26 heavy (non-hydrogen) atoms. The van der Waals surface area contributed by atoms with Crippen molar-refractivity contribution in [2.24, 2.45) is 11.8 Å². The normalized spacial score (nSPS) is 22.3. The number of hydrogen-bond acceptors (Lipinski definition) is 3. The highest BCUT2D eigenvalue weighted by Crippen LogP contribution is 2.23. The molecule has 3 rings (SSSR count). The first-order chi connectivity index (χ1) is 12.3. The van der Waals surface area contributed by atoms with Crippen LogP contribution in [0.1, 0.15) is 43.2 Å². The van der Waals surface area contributed by atoms with Crippen molar-refractivity contribution in [2.45, 2.75) is 40.2 Å². The fourth-order valence-electron chi connectivity index (χ4n) is 4.35. The molecule has 5 heteroatoms. The Morgan fingerprint density at radius 3 is 2.58 bits per heavy atom. The molecule has 1 amide bonds. The van der Waals surface area contributed by atoms with E-state index in [2.05, 4.69) is 29.0 Å². The summed E-state index contributed by atoms with van der Waals surface area (Å²) in [6.07, 6.45) is 1.26. The number of hydrogen-bond donors (Lipinski definition) is 2. The number of benzene rings is 1. The third-order valence-electron chi connectivity index (χ3n) is 5.18. The van der Waals surface area contributed by atoms with E-state index in [1.807, 2.05) is 38.1 Å². The molecule has 0 spiro atoms. The van der Waals surface area contributed by atoms with Crippen molar-refractivity contribution in [3.8, 4) is 0 Å². The van der Waals surface area contributed by atoms with Crippen LogP contribution in [-0.4, -0.2) is 47.3 Å². The Labute approximate surface area is 155 Å². The summed E-state index contributed by atoms with van der Waals surface area (Å²) < 4.78 is 0. The number of carbonyl (C=O) groups excluding carboxylic acids is 2. The Hall–Kier alpha value is -2.14. The molecule has 3 atom stereocenters. The van der Waals surface area contributed by atoms with Gasteiger partial charge in [-0.1, -0.05) is 32.0 Å². The maximum atomic E-state index is 12.7. The summed E-state index contributed by atoms with van der Waals surface area (Å²) in [5, 5.41) is 3.70. The van der Waals surface area contributed by atoms with Crippen LogP contribution in [0.5, 0.6) is 0 Å². The summed E-state index contributed by atoms with van der Waals surface area (Å²) in [5.41, 5.74) is 2.09. The SMILES string of the molecule is Cc1[nH]c2ccccc2c1C(=O)C(=O)NC(C)CN1CC(C)CC(C)C1. The largest absolute Gasteiger partial charge is 0.358 e. The lowest BCUT2D eigenvalue weighted by Crippen LogP contribution is -2.48. The topological polar surface area (TPSA) is 65.2 Å². The number of aromatic nitrogens is 1. The van der Waals surface area contributed by atoms with E-state index in [4.69, 9.17) is 0 Å². The summed E-state index contributed by atoms with van der Waals surface area (Å²) in [7, 11) is 0. The van der Waals surface area contributed by atoms with Crippen LogP contribution in [0.4, 0.5) is 0 Å². The fourth-order valence-corrected chi connectivity index (χ4v) is 4.35. The highest BCUT2D eigenvalue weighted by atomic mass is 16.2. The van der Waals surface area contributed by atoms with Gasteiger partial charge in [0.25, 0.3) is 11.7 Å². The van der Waals surface area contributed by atoms with Crippen LogP contribution in [0.3, 0.4) is 0 Å². The summed E-state index contributed by atoms with van der Waals surface area (Å²) in [6.45, 7) is 11.2. The average molecular weight is 355 g/mol. The molecule has 1 aromatic carbocycles. The number of para-hydroxylation sites is 1. The fraction of sp³-hybridized carbons (Fsp3) is 0.524. The molecule has 5 nitrogen and oxygen atoms in total. The van der Waals surface area contributed by atoms with Crippen LogP contribution in [0.2, 0.25) is 0 Å². The van der Waals surface area contributed by atoms with E-state index in [1.165, 1.54) is 6.42 Å². The minimum Gasteiger partial charge on any atom is -0.358 e. The van der Waals surface area contributed by atoms with Gasteiger partial charge in [0.2, 0.25) is 0 Å². The second kappa shape index (κ2) is 7.62. The lowest BCUT2D eigenvalue weighted by Gasteiger charge is -2.36. The molecule has 2 heterocycles. The molecule has 140 valence electrons. The lowest BCUT2D eigenvalue weighted by atomic mass is 9.92. The Balaban J connectivity index is 1.65. The maximum absolute atomic E-state index is 12.7. The van der Waals surface area contributed by atoms with E-state index in [0.717, 1.165) is 36.2 Å². The van der Waals surface area contributed by atoms with Gasteiger partial charge in [-0.2, -0.15) is 0 Å². The second-order valence-corrected chi connectivity index (χ2v) is 8.04. The number of H-pyrrole nitrogens is 1. The first-order valence-corrected chi connectivity index (χ1v) is 9.50. The molecule has 2 N–H and O–H groups in total. The molecule has 0 saturated carbocycles. The van der Waals surface area contributed by atoms with Gasteiger partial charge in [-0.15, -0.1) is 0 Å². The molecule has 1 fully saturated rings. The molecule has 0 radical (unpaired) electrons. The highest BCUT2D eigenvalue weighted by Gasteiger charge is 2.26. The number of carbonyl (C=O) groups is 2. The smallest absolute Gasteiger partial charge is 0.292 e. The Kier molecular flexibility index (Phi) is 5.47. The molecule has 1 saturated heterocycles.